The topological polar surface area (TPSA) is 37.4 Å². The monoisotopic (exact) mass is 237 g/mol. The van der Waals surface area contributed by atoms with Crippen LogP contribution in [0.5, 0.6) is 0 Å². The van der Waals surface area contributed by atoms with Gasteiger partial charge in [-0.25, -0.2) is 0 Å². The van der Waals surface area contributed by atoms with E-state index in [1.807, 2.05) is 11.0 Å². The van der Waals surface area contributed by atoms with E-state index in [-0.39, 0.29) is 0 Å². The molecule has 1 fully saturated rings. The van der Waals surface area contributed by atoms with Crippen LogP contribution in [-0.4, -0.2) is 31.9 Å². The first-order valence-corrected chi connectivity index (χ1v) is 6.61. The van der Waals surface area contributed by atoms with Crippen LogP contribution in [0, 0.1) is 0 Å². The molecule has 1 saturated heterocycles. The predicted octanol–water partition coefficient (Wildman–Crippen LogP) is 1.50. The van der Waals surface area contributed by atoms with E-state index in [1.165, 1.54) is 11.1 Å². The Balaban J connectivity index is 1.98. The van der Waals surface area contributed by atoms with Gasteiger partial charge in [-0.05, 0) is 24.3 Å². The Bertz CT molecular complexity index is 451. The standard InChI is InChI=1S/C12H15NO2S/c14-16(15)10-13-8-6-12(7-9-13)11-4-2-1-3-5-11/h1-5,10,12H,6-9H2. The summed E-state index contributed by atoms with van der Waals surface area (Å²) in [7, 11) is -2.07. The zero-order valence-electron chi connectivity index (χ0n) is 9.04. The highest BCUT2D eigenvalue weighted by molar-refractivity contribution is 7.71. The van der Waals surface area contributed by atoms with Crippen LogP contribution in [0.15, 0.2) is 30.3 Å². The lowest BCUT2D eigenvalue weighted by Gasteiger charge is -2.28. The Kier molecular flexibility index (Phi) is 3.74. The quantitative estimate of drug-likeness (QED) is 0.732. The van der Waals surface area contributed by atoms with Crippen LogP contribution in [-0.2, 0) is 10.3 Å². The van der Waals surface area contributed by atoms with Gasteiger partial charge in [0.1, 0.15) is 5.49 Å². The maximum Gasteiger partial charge on any atom is 0.225 e. The average molecular weight is 237 g/mol. The molecule has 0 bridgehead atoms. The number of piperidine rings is 1. The molecule has 0 amide bonds. The lowest BCUT2D eigenvalue weighted by Crippen LogP contribution is -2.31. The first kappa shape index (κ1) is 11.4. The summed E-state index contributed by atoms with van der Waals surface area (Å²) in [5, 5.41) is 0. The summed E-state index contributed by atoms with van der Waals surface area (Å²) in [6, 6.07) is 10.4. The molecule has 1 aromatic carbocycles. The molecule has 0 atom stereocenters. The zero-order valence-corrected chi connectivity index (χ0v) is 9.86. The second kappa shape index (κ2) is 5.27. The molecule has 0 spiro atoms. The molecule has 86 valence electrons. The Morgan fingerprint density at radius 1 is 1.12 bits per heavy atom. The molecule has 0 aliphatic carbocycles. The van der Waals surface area contributed by atoms with Gasteiger partial charge >= 0.3 is 0 Å². The van der Waals surface area contributed by atoms with E-state index in [4.69, 9.17) is 0 Å². The smallest absolute Gasteiger partial charge is 0.225 e. The van der Waals surface area contributed by atoms with Gasteiger partial charge in [0.05, 0.1) is 0 Å². The molecule has 1 aromatic rings. The van der Waals surface area contributed by atoms with Crippen LogP contribution in [0.4, 0.5) is 0 Å². The van der Waals surface area contributed by atoms with Gasteiger partial charge in [-0.3, -0.25) is 4.90 Å². The van der Waals surface area contributed by atoms with Crippen molar-refractivity contribution in [2.75, 3.05) is 13.1 Å². The summed E-state index contributed by atoms with van der Waals surface area (Å²) < 4.78 is 21.0. The molecule has 4 heteroatoms. The van der Waals surface area contributed by atoms with E-state index >= 15 is 0 Å². The van der Waals surface area contributed by atoms with Gasteiger partial charge in [-0.1, -0.05) is 30.3 Å². The number of hydrogen-bond acceptors (Lipinski definition) is 2. The average Bonchev–Trinajstić information content (AvgIpc) is 2.30. The Labute approximate surface area is 97.2 Å². The SMILES string of the molecule is O=S(=O)=CN1CCC(c2ccccc2)CC1. The minimum atomic E-state index is -2.07. The van der Waals surface area contributed by atoms with Crippen LogP contribution in [0.1, 0.15) is 24.3 Å². The van der Waals surface area contributed by atoms with Crippen molar-refractivity contribution in [3.8, 4) is 0 Å². The Morgan fingerprint density at radius 2 is 1.75 bits per heavy atom. The molecule has 16 heavy (non-hydrogen) atoms. The van der Waals surface area contributed by atoms with E-state index in [9.17, 15) is 8.42 Å². The summed E-state index contributed by atoms with van der Waals surface area (Å²) in [5.74, 6) is 0.575. The second-order valence-electron chi connectivity index (χ2n) is 4.09. The number of benzene rings is 1. The first-order valence-electron chi connectivity index (χ1n) is 5.48. The van der Waals surface area contributed by atoms with Crippen LogP contribution < -0.4 is 0 Å². The third kappa shape index (κ3) is 2.93. The zero-order chi connectivity index (χ0) is 11.4. The largest absolute Gasteiger partial charge is 0.268 e. The van der Waals surface area contributed by atoms with Crippen LogP contribution in [0.2, 0.25) is 0 Å². The van der Waals surface area contributed by atoms with Crippen LogP contribution >= 0.6 is 0 Å². The lowest BCUT2D eigenvalue weighted by atomic mass is 9.90. The van der Waals surface area contributed by atoms with Gasteiger partial charge < -0.3 is 0 Å². The van der Waals surface area contributed by atoms with E-state index in [2.05, 4.69) is 24.3 Å². The van der Waals surface area contributed by atoms with E-state index < -0.39 is 10.3 Å². The molecular weight excluding hydrogens is 222 g/mol. The summed E-state index contributed by atoms with van der Waals surface area (Å²) in [5.41, 5.74) is 2.66. The van der Waals surface area contributed by atoms with Crippen molar-refractivity contribution in [1.82, 2.24) is 4.90 Å². The Morgan fingerprint density at radius 3 is 2.31 bits per heavy atom. The van der Waals surface area contributed by atoms with Gasteiger partial charge in [0.25, 0.3) is 0 Å². The maximum atomic E-state index is 10.5. The van der Waals surface area contributed by atoms with Crippen molar-refractivity contribution in [3.63, 3.8) is 0 Å². The highest BCUT2D eigenvalue weighted by Crippen LogP contribution is 2.26. The lowest BCUT2D eigenvalue weighted by molar-refractivity contribution is 0.323. The second-order valence-corrected chi connectivity index (χ2v) is 4.82. The molecule has 1 aliphatic heterocycles. The van der Waals surface area contributed by atoms with Crippen LogP contribution in [0.3, 0.4) is 0 Å². The molecule has 1 heterocycles. The van der Waals surface area contributed by atoms with Crippen molar-refractivity contribution in [2.24, 2.45) is 0 Å². The number of likely N-dealkylation sites (tertiary alicyclic amines) is 1. The fourth-order valence-electron chi connectivity index (χ4n) is 2.19. The maximum absolute atomic E-state index is 10.5. The summed E-state index contributed by atoms with van der Waals surface area (Å²) in [6.45, 7) is 1.65. The van der Waals surface area contributed by atoms with Gasteiger partial charge in [0.2, 0.25) is 10.3 Å². The van der Waals surface area contributed by atoms with Crippen molar-refractivity contribution in [1.29, 1.82) is 0 Å². The van der Waals surface area contributed by atoms with E-state index in [1.54, 1.807) is 0 Å². The fourth-order valence-corrected chi connectivity index (χ4v) is 2.64. The molecular formula is C12H15NO2S. The van der Waals surface area contributed by atoms with E-state index in [0.717, 1.165) is 25.9 Å². The van der Waals surface area contributed by atoms with Crippen molar-refractivity contribution < 1.29 is 8.42 Å². The molecule has 1 aliphatic rings. The number of hydrogen-bond donors (Lipinski definition) is 0. The molecule has 0 N–H and O–H groups in total. The molecule has 0 aromatic heterocycles. The molecule has 0 radical (unpaired) electrons. The van der Waals surface area contributed by atoms with Crippen molar-refractivity contribution >= 4 is 15.8 Å². The molecule has 0 saturated carbocycles. The third-order valence-electron chi connectivity index (χ3n) is 3.04. The molecule has 3 nitrogen and oxygen atoms in total. The van der Waals surface area contributed by atoms with Gasteiger partial charge in [0.15, 0.2) is 0 Å². The van der Waals surface area contributed by atoms with E-state index in [0.29, 0.717) is 5.92 Å². The van der Waals surface area contributed by atoms with Gasteiger partial charge in [0, 0.05) is 13.1 Å². The minimum absolute atomic E-state index is 0.575. The predicted molar refractivity (Wildman–Crippen MR) is 65.0 cm³/mol. The highest BCUT2D eigenvalue weighted by Gasteiger charge is 2.19. The third-order valence-corrected chi connectivity index (χ3v) is 3.51. The van der Waals surface area contributed by atoms with Crippen molar-refractivity contribution in [2.45, 2.75) is 18.8 Å². The summed E-state index contributed by atoms with van der Waals surface area (Å²) in [6.07, 6.45) is 2.05. The fraction of sp³-hybridized carbons (Fsp3) is 0.417. The summed E-state index contributed by atoms with van der Waals surface area (Å²) in [4.78, 5) is 1.88. The highest BCUT2D eigenvalue weighted by atomic mass is 32.2. The molecule has 2 rings (SSSR count). The molecule has 0 unspecified atom stereocenters. The van der Waals surface area contributed by atoms with Crippen molar-refractivity contribution in [3.05, 3.63) is 35.9 Å². The first-order chi connectivity index (χ1) is 7.75. The summed E-state index contributed by atoms with van der Waals surface area (Å²) >= 11 is 0. The number of nitrogens with zero attached hydrogens (tertiary/aromatic N) is 1. The number of rotatable bonds is 2. The Hall–Kier alpha value is -1.13. The normalized spacial score (nSPS) is 18.2. The van der Waals surface area contributed by atoms with Gasteiger partial charge in [-0.15, -0.1) is 0 Å². The van der Waals surface area contributed by atoms with Gasteiger partial charge in [-0.2, -0.15) is 8.42 Å². The minimum Gasteiger partial charge on any atom is -0.268 e. The van der Waals surface area contributed by atoms with Crippen LogP contribution in [0.25, 0.3) is 0 Å².